The van der Waals surface area contributed by atoms with Gasteiger partial charge in [0.2, 0.25) is 0 Å². The van der Waals surface area contributed by atoms with Gasteiger partial charge in [-0.3, -0.25) is 4.79 Å². The first-order chi connectivity index (χ1) is 10.2. The number of rotatable bonds is 5. The van der Waals surface area contributed by atoms with Crippen LogP contribution >= 0.6 is 0 Å². The van der Waals surface area contributed by atoms with Gasteiger partial charge in [-0.15, -0.1) is 0 Å². The van der Waals surface area contributed by atoms with Crippen LogP contribution in [0.3, 0.4) is 0 Å². The molecule has 0 aromatic heterocycles. The van der Waals surface area contributed by atoms with Crippen LogP contribution in [0.25, 0.3) is 0 Å². The average molecular weight is 287 g/mol. The third-order valence-electron chi connectivity index (χ3n) is 5.22. The monoisotopic (exact) mass is 287 g/mol. The fourth-order valence-electron chi connectivity index (χ4n) is 4.17. The Morgan fingerprint density at radius 1 is 1.29 bits per heavy atom. The van der Waals surface area contributed by atoms with Crippen molar-refractivity contribution in [3.63, 3.8) is 0 Å². The maximum Gasteiger partial charge on any atom is 0.251 e. The average Bonchev–Trinajstić information content (AvgIpc) is 3.11. The van der Waals surface area contributed by atoms with Crippen LogP contribution in [-0.2, 0) is 0 Å². The molecule has 0 spiro atoms. The van der Waals surface area contributed by atoms with Crippen LogP contribution in [0.4, 0.5) is 0 Å². The molecule has 2 bridgehead atoms. The number of hydrogen-bond acceptors (Lipinski definition) is 2. The van der Waals surface area contributed by atoms with Gasteiger partial charge in [0, 0.05) is 11.6 Å². The summed E-state index contributed by atoms with van der Waals surface area (Å²) in [6, 6.07) is 7.68. The fourth-order valence-corrected chi connectivity index (χ4v) is 4.17. The molecule has 0 aliphatic heterocycles. The van der Waals surface area contributed by atoms with Gasteiger partial charge in [-0.2, -0.15) is 0 Å². The van der Waals surface area contributed by atoms with Gasteiger partial charge in [0.05, 0.1) is 6.61 Å². The maximum absolute atomic E-state index is 12.3. The number of amides is 1. The van der Waals surface area contributed by atoms with Gasteiger partial charge in [-0.25, -0.2) is 0 Å². The standard InChI is InChI=1S/C18H25NO2/c1-3-21-16-8-6-14(7-9-16)18(20)19-12(2)17-11-13-4-5-15(17)10-13/h6-9,12-13,15,17H,3-5,10-11H2,1-2H3,(H,19,20)/t12-,13-,15-,17+/m1/s1. The van der Waals surface area contributed by atoms with E-state index >= 15 is 0 Å². The highest BCUT2D eigenvalue weighted by molar-refractivity contribution is 5.94. The minimum Gasteiger partial charge on any atom is -0.494 e. The summed E-state index contributed by atoms with van der Waals surface area (Å²) in [5, 5.41) is 3.19. The van der Waals surface area contributed by atoms with E-state index < -0.39 is 0 Å². The minimum atomic E-state index is 0.0355. The molecule has 0 radical (unpaired) electrons. The summed E-state index contributed by atoms with van der Waals surface area (Å²) in [5.41, 5.74) is 0.716. The molecule has 2 saturated carbocycles. The van der Waals surface area contributed by atoms with E-state index in [2.05, 4.69) is 12.2 Å². The van der Waals surface area contributed by atoms with E-state index in [9.17, 15) is 4.79 Å². The molecule has 0 unspecified atom stereocenters. The zero-order valence-electron chi connectivity index (χ0n) is 13.0. The molecule has 3 heteroatoms. The number of carbonyl (C=O) groups is 1. The number of ether oxygens (including phenoxy) is 1. The van der Waals surface area contributed by atoms with Gasteiger partial charge in [0.15, 0.2) is 0 Å². The summed E-state index contributed by atoms with van der Waals surface area (Å²) >= 11 is 0. The lowest BCUT2D eigenvalue weighted by atomic mass is 9.84. The van der Waals surface area contributed by atoms with Crippen LogP contribution in [0.5, 0.6) is 5.75 Å². The molecule has 1 aromatic rings. The number of fused-ring (bicyclic) bond motifs is 2. The van der Waals surface area contributed by atoms with Crippen LogP contribution in [0, 0.1) is 17.8 Å². The van der Waals surface area contributed by atoms with Crippen molar-refractivity contribution >= 4 is 5.91 Å². The second-order valence-corrected chi connectivity index (χ2v) is 6.56. The summed E-state index contributed by atoms with van der Waals surface area (Å²) in [5.74, 6) is 3.29. The third-order valence-corrected chi connectivity index (χ3v) is 5.22. The molecular formula is C18H25NO2. The molecule has 2 aliphatic rings. The number of benzene rings is 1. The largest absolute Gasteiger partial charge is 0.494 e. The lowest BCUT2D eigenvalue weighted by molar-refractivity contribution is 0.0915. The third kappa shape index (κ3) is 3.07. The van der Waals surface area contributed by atoms with E-state index in [-0.39, 0.29) is 11.9 Å². The summed E-state index contributed by atoms with van der Waals surface area (Å²) in [7, 11) is 0. The molecule has 0 saturated heterocycles. The summed E-state index contributed by atoms with van der Waals surface area (Å²) < 4.78 is 5.40. The predicted molar refractivity (Wildman–Crippen MR) is 83.5 cm³/mol. The molecule has 1 N–H and O–H groups in total. The Morgan fingerprint density at radius 2 is 2.05 bits per heavy atom. The van der Waals surface area contributed by atoms with Crippen molar-refractivity contribution in [2.45, 2.75) is 45.6 Å². The van der Waals surface area contributed by atoms with Crippen molar-refractivity contribution < 1.29 is 9.53 Å². The smallest absolute Gasteiger partial charge is 0.251 e. The molecule has 3 rings (SSSR count). The van der Waals surface area contributed by atoms with E-state index in [1.807, 2.05) is 31.2 Å². The molecule has 2 aliphatic carbocycles. The SMILES string of the molecule is CCOc1ccc(C(=O)N[C@H](C)[C@@H]2C[C@@H]3CC[C@@H]2C3)cc1. The lowest BCUT2D eigenvalue weighted by Gasteiger charge is -2.28. The first-order valence-corrected chi connectivity index (χ1v) is 8.21. The minimum absolute atomic E-state index is 0.0355. The van der Waals surface area contributed by atoms with E-state index in [0.717, 1.165) is 17.6 Å². The van der Waals surface area contributed by atoms with Crippen molar-refractivity contribution in [3.8, 4) is 5.75 Å². The number of carbonyl (C=O) groups excluding carboxylic acids is 1. The molecule has 2 fully saturated rings. The Bertz CT molecular complexity index is 496. The van der Waals surface area contributed by atoms with Crippen molar-refractivity contribution in [2.24, 2.45) is 17.8 Å². The predicted octanol–water partition coefficient (Wildman–Crippen LogP) is 3.64. The molecule has 0 heterocycles. The number of nitrogens with one attached hydrogen (secondary N) is 1. The fraction of sp³-hybridized carbons (Fsp3) is 0.611. The Hall–Kier alpha value is -1.51. The van der Waals surface area contributed by atoms with Crippen molar-refractivity contribution in [2.75, 3.05) is 6.61 Å². The number of hydrogen-bond donors (Lipinski definition) is 1. The van der Waals surface area contributed by atoms with Gasteiger partial charge in [-0.05, 0) is 75.1 Å². The second kappa shape index (κ2) is 6.08. The van der Waals surface area contributed by atoms with Gasteiger partial charge in [0.25, 0.3) is 5.91 Å². The highest BCUT2D eigenvalue weighted by Crippen LogP contribution is 2.49. The Kier molecular flexibility index (Phi) is 4.18. The molecule has 3 nitrogen and oxygen atoms in total. The summed E-state index contributed by atoms with van der Waals surface area (Å²) in [4.78, 5) is 12.3. The van der Waals surface area contributed by atoms with E-state index in [1.165, 1.54) is 25.7 Å². The van der Waals surface area contributed by atoms with Crippen LogP contribution in [0.2, 0.25) is 0 Å². The highest BCUT2D eigenvalue weighted by Gasteiger charge is 2.42. The van der Waals surface area contributed by atoms with Crippen LogP contribution in [0.1, 0.15) is 49.9 Å². The highest BCUT2D eigenvalue weighted by atomic mass is 16.5. The van der Waals surface area contributed by atoms with E-state index in [4.69, 9.17) is 4.74 Å². The molecule has 1 aromatic carbocycles. The topological polar surface area (TPSA) is 38.3 Å². The van der Waals surface area contributed by atoms with Gasteiger partial charge in [-0.1, -0.05) is 6.42 Å². The van der Waals surface area contributed by atoms with Crippen molar-refractivity contribution in [1.82, 2.24) is 5.32 Å². The normalized spacial score (nSPS) is 28.4. The molecule has 114 valence electrons. The van der Waals surface area contributed by atoms with E-state index in [1.54, 1.807) is 0 Å². The molecule has 1 amide bonds. The first-order valence-electron chi connectivity index (χ1n) is 8.21. The van der Waals surface area contributed by atoms with Crippen molar-refractivity contribution in [3.05, 3.63) is 29.8 Å². The van der Waals surface area contributed by atoms with Gasteiger partial charge < -0.3 is 10.1 Å². The zero-order chi connectivity index (χ0) is 14.8. The van der Waals surface area contributed by atoms with Gasteiger partial charge in [0.1, 0.15) is 5.75 Å². The quantitative estimate of drug-likeness (QED) is 0.898. The molecule has 21 heavy (non-hydrogen) atoms. The zero-order valence-corrected chi connectivity index (χ0v) is 13.0. The van der Waals surface area contributed by atoms with Crippen molar-refractivity contribution in [1.29, 1.82) is 0 Å². The van der Waals surface area contributed by atoms with Crippen LogP contribution in [0.15, 0.2) is 24.3 Å². The summed E-state index contributed by atoms with van der Waals surface area (Å²) in [6.07, 6.45) is 5.45. The molecule has 4 atom stereocenters. The van der Waals surface area contributed by atoms with Crippen LogP contribution in [-0.4, -0.2) is 18.6 Å². The van der Waals surface area contributed by atoms with E-state index in [0.29, 0.717) is 18.1 Å². The second-order valence-electron chi connectivity index (χ2n) is 6.56. The Morgan fingerprint density at radius 3 is 2.62 bits per heavy atom. The molecular weight excluding hydrogens is 262 g/mol. The Balaban J connectivity index is 1.58. The summed E-state index contributed by atoms with van der Waals surface area (Å²) in [6.45, 7) is 4.77. The first kappa shape index (κ1) is 14.4. The Labute approximate surface area is 127 Å². The van der Waals surface area contributed by atoms with Crippen LogP contribution < -0.4 is 10.1 Å². The lowest BCUT2D eigenvalue weighted by Crippen LogP contribution is -2.40. The van der Waals surface area contributed by atoms with Gasteiger partial charge >= 0.3 is 0 Å². The maximum atomic E-state index is 12.3.